The van der Waals surface area contributed by atoms with E-state index >= 15 is 0 Å². The highest BCUT2D eigenvalue weighted by Crippen LogP contribution is 2.58. The van der Waals surface area contributed by atoms with Gasteiger partial charge in [-0.3, -0.25) is 0 Å². The Morgan fingerprint density at radius 1 is 0.267 bits per heavy atom. The van der Waals surface area contributed by atoms with Crippen LogP contribution in [-0.2, 0) is 5.41 Å². The number of hydrogen-bond acceptors (Lipinski definition) is 2. The largest absolute Gasteiger partial charge is 0.310 e. The van der Waals surface area contributed by atoms with Crippen LogP contribution < -0.4 is 4.90 Å². The molecule has 1 aromatic heterocycles. The highest BCUT2D eigenvalue weighted by molar-refractivity contribution is 7.26. The second-order valence-corrected chi connectivity index (χ2v) is 20.6. The molecule has 75 heavy (non-hydrogen) atoms. The summed E-state index contributed by atoms with van der Waals surface area (Å²) in [6.45, 7) is 0. The third-order valence-electron chi connectivity index (χ3n) is 15.4. The number of nitrogens with zero attached hydrogens (tertiary/aromatic N) is 1. The van der Waals surface area contributed by atoms with Gasteiger partial charge in [0.2, 0.25) is 0 Å². The third kappa shape index (κ3) is 7.61. The molecule has 2 heteroatoms. The molecular formula is C73H49NS. The molecule has 0 aliphatic heterocycles. The molecule has 0 spiro atoms. The van der Waals surface area contributed by atoms with Crippen molar-refractivity contribution in [1.82, 2.24) is 0 Å². The minimum Gasteiger partial charge on any atom is -0.310 e. The summed E-state index contributed by atoms with van der Waals surface area (Å²) in [5.74, 6) is 0. The maximum Gasteiger partial charge on any atom is 0.0714 e. The maximum atomic E-state index is 2.51. The van der Waals surface area contributed by atoms with Crippen molar-refractivity contribution in [1.29, 1.82) is 0 Å². The molecule has 0 saturated heterocycles. The first-order valence-corrected chi connectivity index (χ1v) is 26.6. The highest BCUT2D eigenvalue weighted by atomic mass is 32.1. The number of thiophene rings is 1. The molecule has 0 radical (unpaired) electrons. The van der Waals surface area contributed by atoms with Crippen LogP contribution >= 0.6 is 11.3 Å². The second-order valence-electron chi connectivity index (χ2n) is 19.5. The standard InChI is InChI=1S/C73H49NS/c1-6-19-50(20-7-1)53-33-35-54(36-34-53)62-44-39-57(52-23-10-3-11-24-52)48-70(62)74(60-41-37-55(38-42-60)63-30-18-31-67-66-29-16-17-32-71(66)75-72(63)67)61-43-46-65-64-45-40-56(51-21-8-2-9-22-51)47-68(64)73(69(65)49-61,58-25-12-4-13-26-58)59-27-14-5-15-28-59/h1-49H. The van der Waals surface area contributed by atoms with Crippen LogP contribution in [0.15, 0.2) is 297 Å². The SMILES string of the molecule is c1ccc(-c2ccc(-c3ccc(-c4ccccc4)cc3N(c3ccc(-c4cccc5c4sc4ccccc45)cc3)c3ccc4c(c3)C(c3ccccc3)(c3ccccc3)c3cc(-c5ccccc5)ccc3-4)cc2)cc1. The van der Waals surface area contributed by atoms with Crippen molar-refractivity contribution in [2.24, 2.45) is 0 Å². The van der Waals surface area contributed by atoms with E-state index in [2.05, 4.69) is 302 Å². The number of rotatable bonds is 10. The molecule has 0 atom stereocenters. The fraction of sp³-hybridized carbons (Fsp3) is 0.0137. The van der Waals surface area contributed by atoms with E-state index in [0.29, 0.717) is 0 Å². The Balaban J connectivity index is 1.02. The molecule has 0 unspecified atom stereocenters. The van der Waals surface area contributed by atoms with Crippen LogP contribution in [0.5, 0.6) is 0 Å². The lowest BCUT2D eigenvalue weighted by Gasteiger charge is -2.35. The summed E-state index contributed by atoms with van der Waals surface area (Å²) >= 11 is 1.88. The molecule has 12 aromatic carbocycles. The van der Waals surface area contributed by atoms with Crippen molar-refractivity contribution in [3.05, 3.63) is 320 Å². The molecule has 14 rings (SSSR count). The molecule has 1 aliphatic rings. The molecule has 352 valence electrons. The van der Waals surface area contributed by atoms with Crippen LogP contribution in [0.25, 0.3) is 86.9 Å². The molecule has 13 aromatic rings. The van der Waals surface area contributed by atoms with Crippen molar-refractivity contribution in [3.8, 4) is 66.8 Å². The normalized spacial score (nSPS) is 12.4. The average Bonchev–Trinajstić information content (AvgIpc) is 4.04. The molecule has 1 nitrogen and oxygen atoms in total. The van der Waals surface area contributed by atoms with Gasteiger partial charge in [-0.25, -0.2) is 0 Å². The van der Waals surface area contributed by atoms with E-state index < -0.39 is 5.41 Å². The first-order valence-electron chi connectivity index (χ1n) is 25.8. The van der Waals surface area contributed by atoms with Crippen LogP contribution in [0.4, 0.5) is 17.1 Å². The minimum atomic E-state index is -0.631. The topological polar surface area (TPSA) is 3.24 Å². The minimum absolute atomic E-state index is 0.631. The summed E-state index contributed by atoms with van der Waals surface area (Å²) < 4.78 is 2.62. The van der Waals surface area contributed by atoms with Crippen molar-refractivity contribution < 1.29 is 0 Å². The lowest BCUT2D eigenvalue weighted by molar-refractivity contribution is 0.768. The molecule has 1 aliphatic carbocycles. The third-order valence-corrected chi connectivity index (χ3v) is 16.6. The summed E-state index contributed by atoms with van der Waals surface area (Å²) in [6.07, 6.45) is 0. The number of benzene rings is 12. The van der Waals surface area contributed by atoms with Gasteiger partial charge in [-0.1, -0.05) is 255 Å². The fourth-order valence-corrected chi connectivity index (χ4v) is 13.1. The van der Waals surface area contributed by atoms with E-state index in [4.69, 9.17) is 0 Å². The van der Waals surface area contributed by atoms with Gasteiger partial charge in [0.05, 0.1) is 11.1 Å². The van der Waals surface area contributed by atoms with E-state index in [0.717, 1.165) is 33.8 Å². The van der Waals surface area contributed by atoms with E-state index in [-0.39, 0.29) is 0 Å². The van der Waals surface area contributed by atoms with Gasteiger partial charge >= 0.3 is 0 Å². The second kappa shape index (κ2) is 18.6. The molecule has 0 bridgehead atoms. The van der Waals surface area contributed by atoms with Crippen molar-refractivity contribution >= 4 is 48.6 Å². The van der Waals surface area contributed by atoms with Gasteiger partial charge in [0.1, 0.15) is 0 Å². The summed E-state index contributed by atoms with van der Waals surface area (Å²) in [5, 5.41) is 2.61. The van der Waals surface area contributed by atoms with Crippen LogP contribution in [0, 0.1) is 0 Å². The van der Waals surface area contributed by atoms with E-state index in [1.165, 1.54) is 92.5 Å². The number of anilines is 3. The molecule has 0 N–H and O–H groups in total. The lowest BCUT2D eigenvalue weighted by atomic mass is 9.67. The van der Waals surface area contributed by atoms with Gasteiger partial charge in [-0.2, -0.15) is 0 Å². The Hall–Kier alpha value is -9.34. The van der Waals surface area contributed by atoms with E-state index in [1.807, 2.05) is 11.3 Å². The Labute approximate surface area is 442 Å². The summed E-state index contributed by atoms with van der Waals surface area (Å²) in [7, 11) is 0. The zero-order valence-electron chi connectivity index (χ0n) is 41.1. The summed E-state index contributed by atoms with van der Waals surface area (Å²) in [6, 6.07) is 110. The summed E-state index contributed by atoms with van der Waals surface area (Å²) in [5.41, 5.74) is 21.9. The monoisotopic (exact) mass is 971 g/mol. The molecule has 0 amide bonds. The molecule has 1 heterocycles. The first kappa shape index (κ1) is 44.4. The maximum absolute atomic E-state index is 2.51. The Morgan fingerprint density at radius 2 is 0.693 bits per heavy atom. The molecular weight excluding hydrogens is 923 g/mol. The van der Waals surface area contributed by atoms with Gasteiger partial charge in [0.15, 0.2) is 0 Å². The van der Waals surface area contributed by atoms with Gasteiger partial charge in [-0.15, -0.1) is 11.3 Å². The highest BCUT2D eigenvalue weighted by Gasteiger charge is 2.46. The Morgan fingerprint density at radius 3 is 1.32 bits per heavy atom. The zero-order chi connectivity index (χ0) is 49.7. The smallest absolute Gasteiger partial charge is 0.0714 e. The van der Waals surface area contributed by atoms with Gasteiger partial charge in [0, 0.05) is 37.1 Å². The first-order chi connectivity index (χ1) is 37.2. The quantitative estimate of drug-likeness (QED) is 0.132. The number of hydrogen-bond donors (Lipinski definition) is 0. The molecule has 0 saturated carbocycles. The molecule has 0 fully saturated rings. The van der Waals surface area contributed by atoms with E-state index in [1.54, 1.807) is 0 Å². The Bertz CT molecular complexity index is 4140. The van der Waals surface area contributed by atoms with E-state index in [9.17, 15) is 0 Å². The predicted octanol–water partition coefficient (Wildman–Crippen LogP) is 20.2. The average molecular weight is 972 g/mol. The lowest BCUT2D eigenvalue weighted by Crippen LogP contribution is -2.28. The Kier molecular flexibility index (Phi) is 11.0. The van der Waals surface area contributed by atoms with Crippen LogP contribution in [-0.4, -0.2) is 0 Å². The van der Waals surface area contributed by atoms with Crippen molar-refractivity contribution in [2.75, 3.05) is 4.90 Å². The van der Waals surface area contributed by atoms with Crippen LogP contribution in [0.1, 0.15) is 22.3 Å². The van der Waals surface area contributed by atoms with Crippen LogP contribution in [0.2, 0.25) is 0 Å². The number of fused-ring (bicyclic) bond motifs is 6. The zero-order valence-corrected chi connectivity index (χ0v) is 42.0. The van der Waals surface area contributed by atoms with Gasteiger partial charge in [0.25, 0.3) is 0 Å². The van der Waals surface area contributed by atoms with Crippen LogP contribution in [0.3, 0.4) is 0 Å². The van der Waals surface area contributed by atoms with Crippen molar-refractivity contribution in [2.45, 2.75) is 5.41 Å². The summed E-state index contributed by atoms with van der Waals surface area (Å²) in [4.78, 5) is 2.51. The predicted molar refractivity (Wildman–Crippen MR) is 318 cm³/mol. The van der Waals surface area contributed by atoms with Gasteiger partial charge in [-0.05, 0) is 126 Å². The van der Waals surface area contributed by atoms with Gasteiger partial charge < -0.3 is 4.90 Å². The fourth-order valence-electron chi connectivity index (χ4n) is 11.9. The van der Waals surface area contributed by atoms with Crippen molar-refractivity contribution in [3.63, 3.8) is 0 Å².